The summed E-state index contributed by atoms with van der Waals surface area (Å²) in [5.41, 5.74) is -0.495. The van der Waals surface area contributed by atoms with Crippen molar-refractivity contribution in [2.24, 2.45) is 11.0 Å². The average molecular weight is 369 g/mol. The SMILES string of the molecule is CC1CCC2(CC1)NC(=O)N(/N=C\c1ccc(-c3ccccc3F)o1)C2=O. The number of rotatable bonds is 3. The average Bonchev–Trinajstić information content (AvgIpc) is 3.21. The number of carbonyl (C=O) groups is 2. The number of halogens is 1. The van der Waals surface area contributed by atoms with E-state index in [1.54, 1.807) is 30.3 Å². The Morgan fingerprint density at radius 2 is 1.96 bits per heavy atom. The van der Waals surface area contributed by atoms with Gasteiger partial charge in [0.25, 0.3) is 5.91 Å². The fourth-order valence-electron chi connectivity index (χ4n) is 3.65. The number of urea groups is 1. The molecule has 1 aliphatic carbocycles. The number of nitrogens with one attached hydrogen (secondary N) is 1. The Balaban J connectivity index is 1.51. The highest BCUT2D eigenvalue weighted by Crippen LogP contribution is 2.36. The largest absolute Gasteiger partial charge is 0.455 e. The van der Waals surface area contributed by atoms with Crippen molar-refractivity contribution in [3.05, 3.63) is 48.0 Å². The minimum Gasteiger partial charge on any atom is -0.455 e. The maximum Gasteiger partial charge on any atom is 0.346 e. The monoisotopic (exact) mass is 369 g/mol. The van der Waals surface area contributed by atoms with Crippen LogP contribution in [0.15, 0.2) is 45.9 Å². The highest BCUT2D eigenvalue weighted by Gasteiger charge is 2.52. The fourth-order valence-corrected chi connectivity index (χ4v) is 3.65. The second-order valence-corrected chi connectivity index (χ2v) is 7.24. The summed E-state index contributed by atoms with van der Waals surface area (Å²) in [6.07, 6.45) is 4.35. The number of carbonyl (C=O) groups excluding carboxylic acids is 2. The van der Waals surface area contributed by atoms with E-state index in [0.29, 0.717) is 35.8 Å². The summed E-state index contributed by atoms with van der Waals surface area (Å²) in [6.45, 7) is 2.15. The van der Waals surface area contributed by atoms with E-state index in [-0.39, 0.29) is 5.91 Å². The Kier molecular flexibility index (Phi) is 4.30. The predicted octanol–water partition coefficient (Wildman–Crippen LogP) is 3.92. The van der Waals surface area contributed by atoms with Crippen molar-refractivity contribution in [1.82, 2.24) is 10.3 Å². The van der Waals surface area contributed by atoms with Crippen LogP contribution < -0.4 is 5.32 Å². The number of imide groups is 1. The molecule has 1 aromatic heterocycles. The van der Waals surface area contributed by atoms with E-state index >= 15 is 0 Å². The number of amides is 3. The molecule has 0 atom stereocenters. The first kappa shape index (κ1) is 17.5. The van der Waals surface area contributed by atoms with Crippen molar-refractivity contribution in [2.45, 2.75) is 38.1 Å². The van der Waals surface area contributed by atoms with Gasteiger partial charge in [0.05, 0.1) is 11.8 Å². The van der Waals surface area contributed by atoms with E-state index in [0.717, 1.165) is 17.9 Å². The van der Waals surface area contributed by atoms with Gasteiger partial charge in [-0.05, 0) is 55.9 Å². The zero-order valence-electron chi connectivity index (χ0n) is 14.9. The molecule has 2 aliphatic rings. The molecule has 3 amide bonds. The van der Waals surface area contributed by atoms with Gasteiger partial charge in [-0.2, -0.15) is 5.10 Å². The molecule has 0 unspecified atom stereocenters. The second-order valence-electron chi connectivity index (χ2n) is 7.24. The van der Waals surface area contributed by atoms with Crippen molar-refractivity contribution in [1.29, 1.82) is 0 Å². The van der Waals surface area contributed by atoms with Crippen LogP contribution in [0.1, 0.15) is 38.4 Å². The summed E-state index contributed by atoms with van der Waals surface area (Å²) in [6, 6.07) is 8.99. The van der Waals surface area contributed by atoms with Crippen LogP contribution in [0.25, 0.3) is 11.3 Å². The van der Waals surface area contributed by atoms with E-state index in [4.69, 9.17) is 4.42 Å². The molecule has 0 radical (unpaired) electrons. The highest BCUT2D eigenvalue weighted by atomic mass is 19.1. The molecule has 2 fully saturated rings. The van der Waals surface area contributed by atoms with Gasteiger partial charge < -0.3 is 9.73 Å². The number of nitrogens with zero attached hydrogens (tertiary/aromatic N) is 2. The first-order chi connectivity index (χ1) is 13.0. The van der Waals surface area contributed by atoms with Gasteiger partial charge in [0.2, 0.25) is 0 Å². The Hall–Kier alpha value is -2.96. The van der Waals surface area contributed by atoms with Gasteiger partial charge >= 0.3 is 6.03 Å². The molecule has 1 N–H and O–H groups in total. The summed E-state index contributed by atoms with van der Waals surface area (Å²) >= 11 is 0. The Labute approximate surface area is 156 Å². The van der Waals surface area contributed by atoms with E-state index in [1.807, 2.05) is 0 Å². The molecule has 4 rings (SSSR count). The lowest BCUT2D eigenvalue weighted by molar-refractivity contribution is -0.132. The van der Waals surface area contributed by atoms with Crippen LogP contribution in [0.5, 0.6) is 0 Å². The summed E-state index contributed by atoms with van der Waals surface area (Å²) in [5.74, 6) is 0.517. The number of benzene rings is 1. The number of furan rings is 1. The van der Waals surface area contributed by atoms with Gasteiger partial charge in [-0.1, -0.05) is 19.1 Å². The van der Waals surface area contributed by atoms with Crippen LogP contribution in [-0.4, -0.2) is 28.7 Å². The third-order valence-corrected chi connectivity index (χ3v) is 5.33. The minimum atomic E-state index is -0.831. The molecule has 1 saturated carbocycles. The normalized spacial score (nSPS) is 25.6. The molecule has 1 saturated heterocycles. The van der Waals surface area contributed by atoms with Gasteiger partial charge in [-0.3, -0.25) is 4.79 Å². The first-order valence-corrected chi connectivity index (χ1v) is 9.04. The van der Waals surface area contributed by atoms with E-state index in [1.165, 1.54) is 12.3 Å². The second kappa shape index (κ2) is 6.64. The van der Waals surface area contributed by atoms with Crippen molar-refractivity contribution in [3.8, 4) is 11.3 Å². The molecular weight excluding hydrogens is 349 g/mol. The van der Waals surface area contributed by atoms with Gasteiger partial charge in [0.15, 0.2) is 0 Å². The highest BCUT2D eigenvalue weighted by molar-refractivity contribution is 6.07. The summed E-state index contributed by atoms with van der Waals surface area (Å²) in [4.78, 5) is 25.0. The number of hydrazone groups is 1. The van der Waals surface area contributed by atoms with Crippen molar-refractivity contribution < 1.29 is 18.4 Å². The third kappa shape index (κ3) is 3.13. The lowest BCUT2D eigenvalue weighted by Crippen LogP contribution is -2.49. The van der Waals surface area contributed by atoms with Crippen LogP contribution in [0.2, 0.25) is 0 Å². The van der Waals surface area contributed by atoms with Crippen LogP contribution in [0.4, 0.5) is 9.18 Å². The van der Waals surface area contributed by atoms with E-state index in [2.05, 4.69) is 17.3 Å². The third-order valence-electron chi connectivity index (χ3n) is 5.33. The Morgan fingerprint density at radius 1 is 1.22 bits per heavy atom. The summed E-state index contributed by atoms with van der Waals surface area (Å²) in [7, 11) is 0. The molecule has 27 heavy (non-hydrogen) atoms. The molecule has 2 heterocycles. The molecule has 140 valence electrons. The maximum atomic E-state index is 13.8. The molecule has 1 aromatic carbocycles. The van der Waals surface area contributed by atoms with Crippen molar-refractivity contribution >= 4 is 18.2 Å². The molecular formula is C20H20FN3O3. The fraction of sp³-hybridized carbons (Fsp3) is 0.350. The lowest BCUT2D eigenvalue weighted by atomic mass is 9.77. The number of hydrogen-bond donors (Lipinski definition) is 1. The van der Waals surface area contributed by atoms with Gasteiger partial charge in [0, 0.05) is 0 Å². The van der Waals surface area contributed by atoms with Crippen LogP contribution >= 0.6 is 0 Å². The Bertz CT molecular complexity index is 913. The van der Waals surface area contributed by atoms with E-state index in [9.17, 15) is 14.0 Å². The zero-order valence-corrected chi connectivity index (χ0v) is 14.9. The molecule has 1 spiro atoms. The van der Waals surface area contributed by atoms with Crippen molar-refractivity contribution in [3.63, 3.8) is 0 Å². The smallest absolute Gasteiger partial charge is 0.346 e. The summed E-state index contributed by atoms with van der Waals surface area (Å²) < 4.78 is 19.4. The van der Waals surface area contributed by atoms with Crippen LogP contribution in [0.3, 0.4) is 0 Å². The van der Waals surface area contributed by atoms with Crippen LogP contribution in [-0.2, 0) is 4.79 Å². The van der Waals surface area contributed by atoms with Crippen LogP contribution in [0, 0.1) is 11.7 Å². The van der Waals surface area contributed by atoms with E-state index < -0.39 is 17.4 Å². The standard InChI is InChI=1S/C20H20FN3O3/c1-13-8-10-20(11-9-13)18(25)24(19(26)23-20)22-12-14-6-7-17(27-14)15-4-2-3-5-16(15)21/h2-7,12-13H,8-11H2,1H3,(H,23,26)/b22-12-. The molecule has 0 bridgehead atoms. The molecule has 6 nitrogen and oxygen atoms in total. The summed E-state index contributed by atoms with van der Waals surface area (Å²) in [5, 5.41) is 7.68. The zero-order chi connectivity index (χ0) is 19.0. The van der Waals surface area contributed by atoms with Gasteiger partial charge in [-0.15, -0.1) is 5.01 Å². The lowest BCUT2D eigenvalue weighted by Gasteiger charge is -2.33. The topological polar surface area (TPSA) is 74.9 Å². The number of hydrogen-bond acceptors (Lipinski definition) is 4. The minimum absolute atomic E-state index is 0.323. The quantitative estimate of drug-likeness (QED) is 0.658. The molecule has 1 aliphatic heterocycles. The van der Waals surface area contributed by atoms with Crippen molar-refractivity contribution in [2.75, 3.05) is 0 Å². The molecule has 2 aromatic rings. The first-order valence-electron chi connectivity index (χ1n) is 9.04. The Morgan fingerprint density at radius 3 is 2.70 bits per heavy atom. The maximum absolute atomic E-state index is 13.8. The molecule has 7 heteroatoms. The van der Waals surface area contributed by atoms with Gasteiger partial charge in [-0.25, -0.2) is 9.18 Å². The predicted molar refractivity (Wildman–Crippen MR) is 97.4 cm³/mol. The van der Waals surface area contributed by atoms with Gasteiger partial charge in [0.1, 0.15) is 22.9 Å².